The molecule has 0 radical (unpaired) electrons. The Balaban J connectivity index is 0.000000152. The molecule has 19 heteroatoms. The highest BCUT2D eigenvalue weighted by Gasteiger charge is 2.69. The smallest absolute Gasteiger partial charge is 0.433 e. The Morgan fingerprint density at radius 2 is 0.898 bits per heavy atom. The summed E-state index contributed by atoms with van der Waals surface area (Å²) in [4.78, 5) is 44.3. The van der Waals surface area contributed by atoms with Gasteiger partial charge in [-0.1, -0.05) is 145 Å². The second kappa shape index (κ2) is 34.4. The van der Waals surface area contributed by atoms with Crippen LogP contribution in [-0.2, 0) is 41.4 Å². The third-order valence-electron chi connectivity index (χ3n) is 35.7. The number of rotatable bonds is 23. The first-order valence-electron chi connectivity index (χ1n) is 44.3. The number of hydrogen-bond donors (Lipinski definition) is 5. The summed E-state index contributed by atoms with van der Waals surface area (Å²) >= 11 is 0. The van der Waals surface area contributed by atoms with Gasteiger partial charge in [-0.15, -0.1) is 0 Å². The Morgan fingerprint density at radius 1 is 0.519 bits per heavy atom. The molecule has 2 heterocycles. The van der Waals surface area contributed by atoms with Crippen molar-refractivity contribution in [2.24, 2.45) is 179 Å². The lowest BCUT2D eigenvalue weighted by atomic mass is 9.41. The minimum absolute atomic E-state index is 0.189. The molecule has 108 heavy (non-hydrogen) atoms. The quantitative estimate of drug-likeness (QED) is 0.0173. The van der Waals surface area contributed by atoms with Crippen molar-refractivity contribution in [2.75, 3.05) is 34.4 Å². The zero-order valence-corrected chi connectivity index (χ0v) is 70.2. The van der Waals surface area contributed by atoms with Crippen LogP contribution in [0.25, 0.3) is 0 Å². The van der Waals surface area contributed by atoms with Crippen molar-refractivity contribution < 1.29 is 52.6 Å². The van der Waals surface area contributed by atoms with E-state index < -0.39 is 17.7 Å². The molecule has 0 amide bonds. The zero-order valence-electron chi connectivity index (χ0n) is 70.2. The highest BCUT2D eigenvalue weighted by molar-refractivity contribution is 5.80. The molecule has 12 aliphatic carbocycles. The number of oxime groups is 1. The molecule has 12 fully saturated rings. The number of carbonyl (C=O) groups is 1. The van der Waals surface area contributed by atoms with Crippen molar-refractivity contribution in [1.29, 1.82) is 0 Å². The lowest BCUT2D eigenvalue weighted by Crippen LogP contribution is -2.62. The standard InChI is InChI=1S/C32H56N2O5.C30H50N2O4.C27H44N2O4/c1-8-22-26-18-20(3)14-16-32(26,6)25-15-17-31(5)23(11-12-24(31)28(25)29(22)38-19-36-7)21(4)10-13-27(33)34-39-30(35)37-9-2;1-7-20-24-16-18(2)12-14-30(24,5)23-13-15-29(4)21(19(3)8-11-25-31-28(33)36-32-25)9-10-22(29)26(23)27(20)35-17-34-6;1-5-17-21-14-16(30)10-12-27(21,4)20-11-13-26(3)18(7-8-19(26)23(20)24(17)31)15(2)6-9-22-28-25(32)33-29-22/h20-26,28-29H,8-19H2,1-7H3,(H2,33,34);18-24,26-27H,7-17H2,1-6H3,(H,31,32,33);15-21,23-24,30-31H,5-14H2,1-4H3,(H,28,29,32)/t20-,21-,22-,23-,24?,25?,26+,28?,29-,31-,32-;18-,19-,20-,21-,22?,23?,24+,26?,27-,29-,30-;15-,16-,17-,18-,19?,20?,21+,23?,24-,26-,27-/m111/s1. The van der Waals surface area contributed by atoms with E-state index in [0.29, 0.717) is 166 Å². The Hall–Kier alpha value is -3.62. The van der Waals surface area contributed by atoms with E-state index in [0.717, 1.165) is 99.2 Å². The molecule has 12 aliphatic rings. The molecule has 19 nitrogen and oxygen atoms in total. The van der Waals surface area contributed by atoms with Crippen molar-refractivity contribution in [3.05, 3.63) is 32.8 Å². The van der Waals surface area contributed by atoms with E-state index in [1.807, 2.05) is 0 Å². The Bertz CT molecular complexity index is 3390. The average Bonchev–Trinajstić information content (AvgIpc) is 1.33. The highest BCUT2D eigenvalue weighted by Crippen LogP contribution is 2.74. The third kappa shape index (κ3) is 15.8. The summed E-state index contributed by atoms with van der Waals surface area (Å²) in [6, 6.07) is 0. The lowest BCUT2D eigenvalue weighted by molar-refractivity contribution is -0.231. The van der Waals surface area contributed by atoms with Gasteiger partial charge in [0.15, 0.2) is 11.6 Å². The number of nitrogens with zero attached hydrogens (tertiary/aromatic N) is 3. The van der Waals surface area contributed by atoms with Crippen LogP contribution in [0.1, 0.15) is 295 Å². The normalized spacial score (nSPS) is 45.1. The predicted octanol–water partition coefficient (Wildman–Crippen LogP) is 18.4. The van der Waals surface area contributed by atoms with Crippen LogP contribution in [0.3, 0.4) is 0 Å². The highest BCUT2D eigenvalue weighted by atomic mass is 16.8. The summed E-state index contributed by atoms with van der Waals surface area (Å²) in [5.74, 6) is 15.4. The maximum Gasteiger partial charge on any atom is 0.535 e. The van der Waals surface area contributed by atoms with Crippen LogP contribution < -0.4 is 17.2 Å². The van der Waals surface area contributed by atoms with Gasteiger partial charge in [0.25, 0.3) is 0 Å². The minimum atomic E-state index is -0.803. The van der Waals surface area contributed by atoms with Crippen LogP contribution in [0.2, 0.25) is 0 Å². The number of H-pyrrole nitrogens is 2. The van der Waals surface area contributed by atoms with E-state index in [1.54, 1.807) is 21.1 Å². The Labute approximate surface area is 649 Å². The molecule has 614 valence electrons. The zero-order chi connectivity index (χ0) is 77.6. The van der Waals surface area contributed by atoms with E-state index in [1.165, 1.54) is 128 Å². The fraction of sp³-hybridized carbons (Fsp3) is 0.933. The summed E-state index contributed by atoms with van der Waals surface area (Å²) in [5, 5.41) is 33.8. The van der Waals surface area contributed by atoms with Crippen molar-refractivity contribution in [2.45, 2.75) is 321 Å². The van der Waals surface area contributed by atoms with Crippen LogP contribution >= 0.6 is 0 Å². The number of aliphatic hydroxyl groups is 2. The van der Waals surface area contributed by atoms with Crippen molar-refractivity contribution in [1.82, 2.24) is 20.3 Å². The molecular weight excluding hydrogens is 1360 g/mol. The number of carbonyl (C=O) groups excluding carboxylic acids is 1. The van der Waals surface area contributed by atoms with E-state index in [4.69, 9.17) is 38.8 Å². The van der Waals surface area contributed by atoms with Gasteiger partial charge in [-0.25, -0.2) is 14.4 Å². The lowest BCUT2D eigenvalue weighted by Gasteiger charge is -2.65. The van der Waals surface area contributed by atoms with Gasteiger partial charge in [0, 0.05) is 33.5 Å². The average molecular weight is 1510 g/mol. The van der Waals surface area contributed by atoms with E-state index in [-0.39, 0.29) is 29.6 Å². The number of nitrogens with one attached hydrogen (secondary N) is 2. The summed E-state index contributed by atoms with van der Waals surface area (Å²) in [5.41, 5.74) is 8.17. The maximum atomic E-state index is 11.8. The van der Waals surface area contributed by atoms with Gasteiger partial charge in [0.1, 0.15) is 19.4 Å². The first-order chi connectivity index (χ1) is 51.5. The molecule has 9 unspecified atom stereocenters. The van der Waals surface area contributed by atoms with Crippen LogP contribution in [-0.4, -0.2) is 101 Å². The maximum absolute atomic E-state index is 11.8. The number of methoxy groups -OCH3 is 2. The molecular formula is C89H150N6O13. The molecule has 0 aliphatic heterocycles. The predicted molar refractivity (Wildman–Crippen MR) is 420 cm³/mol. The van der Waals surface area contributed by atoms with Gasteiger partial charge in [-0.05, 0) is 317 Å². The van der Waals surface area contributed by atoms with Crippen molar-refractivity contribution in [3.8, 4) is 0 Å². The van der Waals surface area contributed by atoms with Gasteiger partial charge in [-0.2, -0.15) is 0 Å². The largest absolute Gasteiger partial charge is 0.535 e. The molecule has 33 atom stereocenters. The summed E-state index contributed by atoms with van der Waals surface area (Å²) in [6.07, 6.45) is 34.6. The van der Waals surface area contributed by atoms with Gasteiger partial charge >= 0.3 is 17.7 Å². The number of aromatic amines is 2. The minimum Gasteiger partial charge on any atom is -0.433 e. The number of aryl methyl sites for hydroxylation is 2. The molecule has 14 rings (SSSR count). The van der Waals surface area contributed by atoms with Gasteiger partial charge in [0.05, 0.1) is 31.0 Å². The fourth-order valence-electron chi connectivity index (χ4n) is 30.7. The third-order valence-corrected chi connectivity index (χ3v) is 35.7. The Morgan fingerprint density at radius 3 is 1.30 bits per heavy atom. The number of fused-ring (bicyclic) bond motifs is 15. The molecule has 0 spiro atoms. The molecule has 6 N–H and O–H groups in total. The van der Waals surface area contributed by atoms with E-state index >= 15 is 0 Å². The number of nitrogens with two attached hydrogens (primary N) is 1. The monoisotopic (exact) mass is 1510 g/mol. The second-order valence-electron chi connectivity index (χ2n) is 40.4. The molecule has 0 aromatic carbocycles. The number of aromatic nitrogens is 4. The van der Waals surface area contributed by atoms with E-state index in [2.05, 4.69) is 127 Å². The first-order valence-corrected chi connectivity index (χ1v) is 44.3. The molecule has 2 aromatic heterocycles. The number of aliphatic hydroxyl groups excluding tert-OH is 2. The van der Waals surface area contributed by atoms with Crippen LogP contribution in [0.15, 0.2) is 23.8 Å². The van der Waals surface area contributed by atoms with Crippen molar-refractivity contribution >= 4 is 12.0 Å². The van der Waals surface area contributed by atoms with Gasteiger partial charge in [-0.3, -0.25) is 23.9 Å². The van der Waals surface area contributed by atoms with Crippen molar-refractivity contribution in [3.63, 3.8) is 0 Å². The van der Waals surface area contributed by atoms with Gasteiger partial charge in [0.2, 0.25) is 0 Å². The summed E-state index contributed by atoms with van der Waals surface area (Å²) in [6.45, 7) is 37.5. The number of amidine groups is 1. The second-order valence-corrected chi connectivity index (χ2v) is 40.4. The van der Waals surface area contributed by atoms with Crippen LogP contribution in [0.4, 0.5) is 4.79 Å². The summed E-state index contributed by atoms with van der Waals surface area (Å²) < 4.78 is 38.6. The first kappa shape index (κ1) is 83.8. The number of ether oxygens (including phenoxy) is 5. The summed E-state index contributed by atoms with van der Waals surface area (Å²) in [7, 11) is 3.54. The van der Waals surface area contributed by atoms with Crippen LogP contribution in [0.5, 0.6) is 0 Å². The molecule has 0 bridgehead atoms. The SMILES string of the molecule is CCOC(=O)ON=C(N)CC[C@@H](C)[C@H]1CCC2C3C(CC[C@@]21C)[C@@]1(C)CC[C@@H](C)C[C@H]1[C@@H](CC)[C@H]3OCOC.CC[C@H]1[C@@H](O)C2C3CC[C@H]([C@H](C)CCc4noc(=O)[nH]4)[C@@]3(C)CCC2[C@@]2(C)CC[C@@H](O)C[C@@H]12.CC[C@H]1[C@@H](OCOC)C2C3CC[C@H]([C@H](C)CCc4noc(=O)[nH]4)[C@@]3(C)CCC2[C@@]2(C)CC[C@@H](C)C[C@@H]12. The molecule has 2 aromatic rings. The van der Waals surface area contributed by atoms with Crippen LogP contribution in [0, 0.1) is 169 Å². The number of hydrogen-bond acceptors (Lipinski definition) is 16. The Kier molecular flexibility index (Phi) is 26.7. The topological polar surface area (TPSA) is 269 Å². The fourth-order valence-corrected chi connectivity index (χ4v) is 30.7. The molecule has 12 saturated carbocycles. The van der Waals surface area contributed by atoms with E-state index in [9.17, 15) is 24.6 Å². The van der Waals surface area contributed by atoms with Gasteiger partial charge < -0.3 is 39.6 Å². The molecule has 0 saturated heterocycles.